The Hall–Kier alpha value is -1.48. The van der Waals surface area contributed by atoms with Gasteiger partial charge in [-0.3, -0.25) is 0 Å². The lowest BCUT2D eigenvalue weighted by Gasteiger charge is -2.05. The molecule has 3 heteroatoms. The molecule has 0 aliphatic carbocycles. The highest BCUT2D eigenvalue weighted by atomic mass is 16.3. The highest BCUT2D eigenvalue weighted by Gasteiger charge is 2.04. The second-order valence-electron chi connectivity index (χ2n) is 3.37. The number of hydrogen-bond acceptors (Lipinski definition) is 2. The van der Waals surface area contributed by atoms with E-state index < -0.39 is 0 Å². The van der Waals surface area contributed by atoms with Gasteiger partial charge in [-0.1, -0.05) is 12.1 Å². The largest absolute Gasteiger partial charge is 0.506 e. The Bertz CT molecular complexity index is 434. The summed E-state index contributed by atoms with van der Waals surface area (Å²) in [7, 11) is 0. The van der Waals surface area contributed by atoms with Crippen molar-refractivity contribution in [3.8, 4) is 5.75 Å². The Morgan fingerprint density at radius 1 is 1.29 bits per heavy atom. The molecule has 14 heavy (non-hydrogen) atoms. The smallest absolute Gasteiger partial charge is 0.139 e. The van der Waals surface area contributed by atoms with Crippen LogP contribution in [0.1, 0.15) is 6.42 Å². The van der Waals surface area contributed by atoms with Gasteiger partial charge in [-0.05, 0) is 25.1 Å². The van der Waals surface area contributed by atoms with Crippen LogP contribution in [0.2, 0.25) is 0 Å². The molecule has 1 aromatic heterocycles. The highest BCUT2D eigenvalue weighted by Crippen LogP contribution is 2.25. The molecule has 0 saturated carbocycles. The van der Waals surface area contributed by atoms with Crippen molar-refractivity contribution in [2.45, 2.75) is 13.0 Å². The van der Waals surface area contributed by atoms with Gasteiger partial charge in [0.15, 0.2) is 0 Å². The van der Waals surface area contributed by atoms with Crippen molar-refractivity contribution < 1.29 is 5.11 Å². The van der Waals surface area contributed by atoms with Crippen LogP contribution in [-0.4, -0.2) is 16.2 Å². The number of benzene rings is 1. The number of hydrogen-bond donors (Lipinski definition) is 2. The number of nitrogens with zero attached hydrogens (tertiary/aromatic N) is 1. The van der Waals surface area contributed by atoms with Crippen LogP contribution < -0.4 is 5.73 Å². The number of aryl methyl sites for hydroxylation is 1. The van der Waals surface area contributed by atoms with Gasteiger partial charge in [0.25, 0.3) is 0 Å². The topological polar surface area (TPSA) is 51.2 Å². The highest BCUT2D eigenvalue weighted by molar-refractivity contribution is 5.85. The summed E-state index contributed by atoms with van der Waals surface area (Å²) in [5.41, 5.74) is 6.36. The van der Waals surface area contributed by atoms with Gasteiger partial charge in [-0.15, -0.1) is 0 Å². The molecule has 2 rings (SSSR count). The molecule has 0 unspecified atom stereocenters. The normalized spacial score (nSPS) is 10.9. The van der Waals surface area contributed by atoms with Crippen LogP contribution in [0.25, 0.3) is 10.9 Å². The van der Waals surface area contributed by atoms with Gasteiger partial charge in [0.1, 0.15) is 5.75 Å². The van der Waals surface area contributed by atoms with Crippen molar-refractivity contribution in [1.29, 1.82) is 0 Å². The third-order valence-corrected chi connectivity index (χ3v) is 2.37. The van der Waals surface area contributed by atoms with Crippen molar-refractivity contribution in [2.24, 2.45) is 5.73 Å². The maximum absolute atomic E-state index is 9.69. The summed E-state index contributed by atoms with van der Waals surface area (Å²) >= 11 is 0. The number of nitrogens with two attached hydrogens (primary N) is 1. The van der Waals surface area contributed by atoms with Crippen molar-refractivity contribution in [3.63, 3.8) is 0 Å². The zero-order valence-corrected chi connectivity index (χ0v) is 7.98. The Kier molecular flexibility index (Phi) is 2.41. The van der Waals surface area contributed by atoms with Crippen LogP contribution in [0.5, 0.6) is 5.75 Å². The lowest BCUT2D eigenvalue weighted by atomic mass is 10.2. The molecule has 0 atom stereocenters. The summed E-state index contributed by atoms with van der Waals surface area (Å²) in [6.07, 6.45) is 2.91. The van der Waals surface area contributed by atoms with E-state index in [0.717, 1.165) is 23.9 Å². The maximum atomic E-state index is 9.69. The average Bonchev–Trinajstić information content (AvgIpc) is 2.59. The first-order valence-electron chi connectivity index (χ1n) is 4.80. The summed E-state index contributed by atoms with van der Waals surface area (Å²) in [6, 6.07) is 7.56. The Morgan fingerprint density at radius 3 is 2.93 bits per heavy atom. The van der Waals surface area contributed by atoms with Gasteiger partial charge < -0.3 is 15.4 Å². The molecule has 0 bridgehead atoms. The first-order chi connectivity index (χ1) is 6.83. The summed E-state index contributed by atoms with van der Waals surface area (Å²) in [4.78, 5) is 0. The summed E-state index contributed by atoms with van der Waals surface area (Å²) in [5, 5.41) is 10.8. The van der Waals surface area contributed by atoms with Gasteiger partial charge in [0, 0.05) is 18.1 Å². The number of phenols is 1. The molecule has 1 heterocycles. The predicted octanol–water partition coefficient (Wildman–Crippen LogP) is 1.70. The van der Waals surface area contributed by atoms with E-state index in [1.54, 1.807) is 6.07 Å². The molecule has 0 aliphatic rings. The van der Waals surface area contributed by atoms with E-state index in [-0.39, 0.29) is 0 Å². The molecule has 3 nitrogen and oxygen atoms in total. The Balaban J connectivity index is 2.45. The van der Waals surface area contributed by atoms with Crippen LogP contribution in [0.3, 0.4) is 0 Å². The fourth-order valence-corrected chi connectivity index (χ4v) is 1.69. The molecule has 0 radical (unpaired) electrons. The Labute approximate surface area is 82.8 Å². The number of rotatable bonds is 3. The number of phenolic OH excluding ortho intramolecular Hbond substituents is 1. The molecule has 1 aromatic carbocycles. The second kappa shape index (κ2) is 3.72. The molecule has 0 aliphatic heterocycles. The van der Waals surface area contributed by atoms with E-state index in [0.29, 0.717) is 12.3 Å². The summed E-state index contributed by atoms with van der Waals surface area (Å²) in [5.74, 6) is 0.338. The summed E-state index contributed by atoms with van der Waals surface area (Å²) in [6.45, 7) is 1.53. The molecule has 2 aromatic rings. The fourth-order valence-electron chi connectivity index (χ4n) is 1.69. The van der Waals surface area contributed by atoms with E-state index in [9.17, 15) is 5.11 Å². The third kappa shape index (κ3) is 1.46. The molecule has 0 fully saturated rings. The van der Waals surface area contributed by atoms with Crippen LogP contribution in [-0.2, 0) is 6.54 Å². The van der Waals surface area contributed by atoms with E-state index >= 15 is 0 Å². The molecular formula is C11H14N2O. The first-order valence-corrected chi connectivity index (χ1v) is 4.80. The molecule has 74 valence electrons. The van der Waals surface area contributed by atoms with Crippen molar-refractivity contribution >= 4 is 10.9 Å². The second-order valence-corrected chi connectivity index (χ2v) is 3.37. The van der Waals surface area contributed by atoms with E-state index in [4.69, 9.17) is 5.73 Å². The minimum Gasteiger partial charge on any atom is -0.506 e. The standard InChI is InChI=1S/C11H14N2O/c12-6-2-7-13-8-5-9-3-1-4-10(14)11(9)13/h1,3-5,8,14H,2,6-7,12H2. The zero-order chi connectivity index (χ0) is 9.97. The van der Waals surface area contributed by atoms with E-state index in [1.807, 2.05) is 29.0 Å². The molecular weight excluding hydrogens is 176 g/mol. The lowest BCUT2D eigenvalue weighted by Crippen LogP contribution is -2.04. The van der Waals surface area contributed by atoms with Crippen LogP contribution in [0.15, 0.2) is 30.5 Å². The minimum absolute atomic E-state index is 0.338. The van der Waals surface area contributed by atoms with Gasteiger partial charge in [-0.2, -0.15) is 0 Å². The van der Waals surface area contributed by atoms with Gasteiger partial charge in [0.2, 0.25) is 0 Å². The zero-order valence-electron chi connectivity index (χ0n) is 7.98. The van der Waals surface area contributed by atoms with Crippen molar-refractivity contribution in [2.75, 3.05) is 6.54 Å². The molecule has 3 N–H and O–H groups in total. The molecule has 0 amide bonds. The van der Waals surface area contributed by atoms with Crippen LogP contribution in [0, 0.1) is 0 Å². The van der Waals surface area contributed by atoms with Gasteiger partial charge in [-0.25, -0.2) is 0 Å². The van der Waals surface area contributed by atoms with Crippen molar-refractivity contribution in [1.82, 2.24) is 4.57 Å². The average molecular weight is 190 g/mol. The maximum Gasteiger partial charge on any atom is 0.139 e. The number of para-hydroxylation sites is 1. The van der Waals surface area contributed by atoms with Gasteiger partial charge >= 0.3 is 0 Å². The summed E-state index contributed by atoms with van der Waals surface area (Å²) < 4.78 is 2.04. The van der Waals surface area contributed by atoms with Gasteiger partial charge in [0.05, 0.1) is 5.52 Å². The Morgan fingerprint density at radius 2 is 2.14 bits per heavy atom. The predicted molar refractivity (Wildman–Crippen MR) is 57.3 cm³/mol. The van der Waals surface area contributed by atoms with Crippen LogP contribution in [0.4, 0.5) is 0 Å². The number of fused-ring (bicyclic) bond motifs is 1. The fraction of sp³-hybridized carbons (Fsp3) is 0.273. The number of aromatic nitrogens is 1. The number of aromatic hydroxyl groups is 1. The van der Waals surface area contributed by atoms with E-state index in [1.165, 1.54) is 0 Å². The monoisotopic (exact) mass is 190 g/mol. The quantitative estimate of drug-likeness (QED) is 0.773. The van der Waals surface area contributed by atoms with Crippen molar-refractivity contribution in [3.05, 3.63) is 30.5 Å². The SMILES string of the molecule is NCCCn1ccc2cccc(O)c21. The molecule has 0 spiro atoms. The minimum atomic E-state index is 0.338. The first kappa shape index (κ1) is 9.09. The molecule has 0 saturated heterocycles. The third-order valence-electron chi connectivity index (χ3n) is 2.37. The van der Waals surface area contributed by atoms with Crippen LogP contribution >= 0.6 is 0 Å². The van der Waals surface area contributed by atoms with E-state index in [2.05, 4.69) is 0 Å². The lowest BCUT2D eigenvalue weighted by molar-refractivity contribution is 0.477.